The van der Waals surface area contributed by atoms with E-state index in [1.165, 1.54) is 28.0 Å². The minimum atomic E-state index is -1.06. The number of fused-ring (bicyclic) bond motifs is 1. The molecule has 67 heavy (non-hydrogen) atoms. The van der Waals surface area contributed by atoms with Gasteiger partial charge in [0.1, 0.15) is 33.9 Å². The highest BCUT2D eigenvalue weighted by molar-refractivity contribution is 14.1. The van der Waals surface area contributed by atoms with Crippen molar-refractivity contribution in [1.29, 1.82) is 0 Å². The van der Waals surface area contributed by atoms with Crippen LogP contribution in [0.15, 0.2) is 186 Å². The molecule has 2 atom stereocenters. The van der Waals surface area contributed by atoms with E-state index in [1.807, 2.05) is 152 Å². The number of aromatic nitrogens is 1. The van der Waals surface area contributed by atoms with Crippen LogP contribution in [-0.4, -0.2) is 66.5 Å². The fourth-order valence-corrected chi connectivity index (χ4v) is 10.9. The predicted molar refractivity (Wildman–Crippen MR) is 269 cm³/mol. The van der Waals surface area contributed by atoms with Crippen molar-refractivity contribution < 1.29 is 33.5 Å². The second-order valence-electron chi connectivity index (χ2n) is 16.5. The number of esters is 2. The molecule has 0 spiro atoms. The summed E-state index contributed by atoms with van der Waals surface area (Å²) >= 11 is 4.83. The standard InChI is InChI=1S/C52H46IN5O7S2/c1-33(48(61)64-51(2,3)4)65-57-41(40-32-67-50(54-40)56-52(37-24-14-7-15-25-37,38-26-16-8-17-27-38)39-28-18-9-19-29-39)45(59)55-42-46(60)58-43(36(30-53)31-66-47(42)58)49(62)63-44(34-20-10-5-11-21-34)35-22-12-6-13-23-35/h5-29,32,42,44,47H,1,30-31H2,2-4H3,(H,54,56)(H,55,59)/t42?,47-/m0/s1. The average molecular weight is 1040 g/mol. The Balaban J connectivity index is 1.09. The number of carbonyl (C=O) groups is 4. The Labute approximate surface area is 410 Å². The molecule has 6 aromatic rings. The van der Waals surface area contributed by atoms with E-state index >= 15 is 0 Å². The van der Waals surface area contributed by atoms with Crippen LogP contribution in [0, 0.1) is 0 Å². The summed E-state index contributed by atoms with van der Waals surface area (Å²) in [7, 11) is 0. The monoisotopic (exact) mass is 1040 g/mol. The van der Waals surface area contributed by atoms with Crippen molar-refractivity contribution in [2.45, 2.75) is 49.4 Å². The average Bonchev–Trinajstić information content (AvgIpc) is 3.82. The molecular weight excluding hydrogens is 998 g/mol. The zero-order valence-electron chi connectivity index (χ0n) is 36.8. The Morgan fingerprint density at radius 1 is 0.821 bits per heavy atom. The Kier molecular flexibility index (Phi) is 14.4. The molecule has 15 heteroatoms. The van der Waals surface area contributed by atoms with E-state index in [0.29, 0.717) is 15.3 Å². The maximum atomic E-state index is 14.5. The van der Waals surface area contributed by atoms with Crippen LogP contribution in [0.25, 0.3) is 0 Å². The van der Waals surface area contributed by atoms with Crippen LogP contribution in [-0.2, 0) is 39.0 Å². The number of anilines is 1. The molecule has 0 aliphatic carbocycles. The van der Waals surface area contributed by atoms with Gasteiger partial charge in [-0.1, -0.05) is 179 Å². The van der Waals surface area contributed by atoms with Crippen LogP contribution in [0.1, 0.15) is 60.4 Å². The minimum absolute atomic E-state index is 0.0919. The highest BCUT2D eigenvalue weighted by atomic mass is 127. The number of rotatable bonds is 16. The third-order valence-electron chi connectivity index (χ3n) is 10.9. The summed E-state index contributed by atoms with van der Waals surface area (Å²) in [6.45, 7) is 8.78. The van der Waals surface area contributed by atoms with Gasteiger partial charge in [-0.2, -0.15) is 0 Å². The van der Waals surface area contributed by atoms with Crippen LogP contribution < -0.4 is 10.6 Å². The van der Waals surface area contributed by atoms with Gasteiger partial charge in [-0.3, -0.25) is 14.5 Å². The van der Waals surface area contributed by atoms with Gasteiger partial charge in [-0.15, -0.1) is 23.1 Å². The number of carbonyl (C=O) groups excluding carboxylic acids is 4. The first kappa shape index (κ1) is 47.0. The third kappa shape index (κ3) is 10.2. The van der Waals surface area contributed by atoms with Crippen molar-refractivity contribution in [3.8, 4) is 0 Å². The molecule has 2 amide bonds. The van der Waals surface area contributed by atoms with E-state index in [4.69, 9.17) is 19.3 Å². The smallest absolute Gasteiger partial charge is 0.376 e. The van der Waals surface area contributed by atoms with Crippen molar-refractivity contribution in [2.24, 2.45) is 5.16 Å². The van der Waals surface area contributed by atoms with Crippen molar-refractivity contribution in [3.05, 3.63) is 214 Å². The number of ether oxygens (including phenoxy) is 2. The molecule has 0 saturated carbocycles. The van der Waals surface area contributed by atoms with Crippen LogP contribution >= 0.6 is 45.7 Å². The normalized spacial score (nSPS) is 16.1. The van der Waals surface area contributed by atoms with Gasteiger partial charge in [-0.05, 0) is 60.7 Å². The number of hydrogen-bond acceptors (Lipinski definition) is 12. The lowest BCUT2D eigenvalue weighted by atomic mass is 9.77. The maximum Gasteiger partial charge on any atom is 0.376 e. The van der Waals surface area contributed by atoms with Gasteiger partial charge in [-0.25, -0.2) is 14.6 Å². The zero-order chi connectivity index (χ0) is 47.1. The Morgan fingerprint density at radius 3 is 1.82 bits per heavy atom. The number of hydrogen-bond donors (Lipinski definition) is 2. The van der Waals surface area contributed by atoms with Crippen LogP contribution in [0.2, 0.25) is 0 Å². The first-order chi connectivity index (χ1) is 32.4. The van der Waals surface area contributed by atoms with Gasteiger partial charge in [0.15, 0.2) is 16.9 Å². The summed E-state index contributed by atoms with van der Waals surface area (Å²) in [4.78, 5) is 67.7. The van der Waals surface area contributed by atoms with Crippen molar-refractivity contribution in [2.75, 3.05) is 15.5 Å². The van der Waals surface area contributed by atoms with Gasteiger partial charge in [0, 0.05) is 15.6 Å². The quantitative estimate of drug-likeness (QED) is 0.0111. The molecule has 1 unspecified atom stereocenters. The molecule has 3 heterocycles. The molecule has 0 bridgehead atoms. The fraction of sp³-hybridized carbons (Fsp3) is 0.192. The van der Waals surface area contributed by atoms with Crippen LogP contribution in [0.5, 0.6) is 0 Å². The molecule has 1 aromatic heterocycles. The summed E-state index contributed by atoms with van der Waals surface area (Å²) in [6, 6.07) is 47.7. The topological polar surface area (TPSA) is 149 Å². The first-order valence-corrected chi connectivity index (χ1v) is 24.8. The van der Waals surface area contributed by atoms with E-state index in [-0.39, 0.29) is 17.1 Å². The van der Waals surface area contributed by atoms with Crippen molar-refractivity contribution in [1.82, 2.24) is 15.2 Å². The number of nitrogens with zero attached hydrogens (tertiary/aromatic N) is 3. The van der Waals surface area contributed by atoms with Crippen LogP contribution in [0.4, 0.5) is 5.13 Å². The Bertz CT molecular complexity index is 2680. The van der Waals surface area contributed by atoms with Gasteiger partial charge in [0.2, 0.25) is 5.76 Å². The van der Waals surface area contributed by atoms with Gasteiger partial charge >= 0.3 is 11.9 Å². The first-order valence-electron chi connectivity index (χ1n) is 21.3. The largest absolute Gasteiger partial charge is 0.454 e. The number of thioether (sulfide) groups is 1. The summed E-state index contributed by atoms with van der Waals surface area (Å²) in [5, 5.41) is 12.1. The highest BCUT2D eigenvalue weighted by Gasteiger charge is 2.55. The Hall–Kier alpha value is -6.56. The minimum Gasteiger partial charge on any atom is -0.454 e. The number of amides is 2. The summed E-state index contributed by atoms with van der Waals surface area (Å²) < 4.78 is 12.1. The molecule has 1 fully saturated rings. The number of halogens is 1. The van der Waals surface area contributed by atoms with E-state index in [0.717, 1.165) is 33.4 Å². The lowest BCUT2D eigenvalue weighted by molar-refractivity contribution is -0.154. The van der Waals surface area contributed by atoms with Gasteiger partial charge in [0.05, 0.1) is 0 Å². The second kappa shape index (κ2) is 20.5. The molecule has 5 aromatic carbocycles. The Morgan fingerprint density at radius 2 is 1.33 bits per heavy atom. The third-order valence-corrected chi connectivity index (χ3v) is 13.9. The molecule has 8 rings (SSSR count). The molecule has 12 nitrogen and oxygen atoms in total. The van der Waals surface area contributed by atoms with Crippen molar-refractivity contribution in [3.63, 3.8) is 0 Å². The number of oxime groups is 1. The fourth-order valence-electron chi connectivity index (χ4n) is 7.79. The van der Waals surface area contributed by atoms with E-state index in [1.54, 1.807) is 26.2 Å². The maximum absolute atomic E-state index is 14.5. The van der Waals surface area contributed by atoms with E-state index in [2.05, 4.69) is 45.0 Å². The molecular formula is C52H46IN5O7S2. The molecule has 2 aliphatic heterocycles. The van der Waals surface area contributed by atoms with Gasteiger partial charge < -0.3 is 24.9 Å². The highest BCUT2D eigenvalue weighted by Crippen LogP contribution is 2.43. The second-order valence-corrected chi connectivity index (χ2v) is 19.2. The number of alkyl halides is 1. The number of β-lactam (4-membered cyclic amide) rings is 1. The van der Waals surface area contributed by atoms with Gasteiger partial charge in [0.25, 0.3) is 11.8 Å². The number of benzene rings is 5. The zero-order valence-corrected chi connectivity index (χ0v) is 40.5. The molecule has 0 radical (unpaired) electrons. The molecule has 340 valence electrons. The van der Waals surface area contributed by atoms with Crippen LogP contribution in [0.3, 0.4) is 0 Å². The lowest BCUT2D eigenvalue weighted by Gasteiger charge is -2.49. The molecule has 1 saturated heterocycles. The summed E-state index contributed by atoms with van der Waals surface area (Å²) in [5.41, 5.74) is 3.21. The number of thiazole rings is 1. The summed E-state index contributed by atoms with van der Waals surface area (Å²) in [5.74, 6) is -2.89. The van der Waals surface area contributed by atoms with E-state index in [9.17, 15) is 19.2 Å². The van der Waals surface area contributed by atoms with Crippen molar-refractivity contribution >= 4 is 80.3 Å². The molecule has 2 N–H and O–H groups in total. The number of nitrogens with one attached hydrogen (secondary N) is 2. The molecule has 2 aliphatic rings. The van der Waals surface area contributed by atoms with E-state index < -0.39 is 58.2 Å². The predicted octanol–water partition coefficient (Wildman–Crippen LogP) is 9.54. The SMILES string of the molecule is C=C(ON=C(C(=O)NC1C(=O)N2C(C(=O)OC(c3ccccc3)c3ccccc3)=C(CI)CS[C@@H]12)c1csc(NC(c2ccccc2)(c2ccccc2)c2ccccc2)n1)C(=O)OC(C)(C)C. The summed E-state index contributed by atoms with van der Waals surface area (Å²) in [6.07, 6.45) is -0.734. The lowest BCUT2D eigenvalue weighted by Crippen LogP contribution is -2.71.